The molecule has 0 bridgehead atoms. The third-order valence-electron chi connectivity index (χ3n) is 6.74. The van der Waals surface area contributed by atoms with Crippen LogP contribution in [0.3, 0.4) is 0 Å². The fraction of sp³-hybridized carbons (Fsp3) is 0.323. The number of halogens is 1. The lowest BCUT2D eigenvalue weighted by Crippen LogP contribution is -2.26. The van der Waals surface area contributed by atoms with E-state index in [1.54, 1.807) is 12.1 Å². The molecule has 0 saturated carbocycles. The van der Waals surface area contributed by atoms with Crippen LogP contribution in [0.5, 0.6) is 0 Å². The number of rotatable bonds is 13. The molecule has 38 heavy (non-hydrogen) atoms. The monoisotopic (exact) mass is 530 g/mol. The number of para-hydroxylation sites is 1. The van der Waals surface area contributed by atoms with Gasteiger partial charge in [0.15, 0.2) is 0 Å². The molecule has 6 nitrogen and oxygen atoms in total. The first kappa shape index (κ1) is 27.6. The van der Waals surface area contributed by atoms with Gasteiger partial charge >= 0.3 is 0 Å². The first-order valence-corrected chi connectivity index (χ1v) is 13.7. The Kier molecular flexibility index (Phi) is 9.68. The minimum Gasteiger partial charge on any atom is -0.326 e. The highest BCUT2D eigenvalue weighted by Crippen LogP contribution is 2.32. The van der Waals surface area contributed by atoms with Crippen molar-refractivity contribution >= 4 is 17.3 Å². The van der Waals surface area contributed by atoms with E-state index in [9.17, 15) is 10.1 Å². The van der Waals surface area contributed by atoms with Crippen molar-refractivity contribution in [3.63, 3.8) is 0 Å². The highest BCUT2D eigenvalue weighted by Gasteiger charge is 2.23. The van der Waals surface area contributed by atoms with E-state index in [0.29, 0.717) is 18.1 Å². The van der Waals surface area contributed by atoms with Crippen LogP contribution in [0.1, 0.15) is 50.8 Å². The molecule has 0 saturated heterocycles. The molecule has 0 unspecified atom stereocenters. The first-order valence-electron chi connectivity index (χ1n) is 13.4. The number of imidazole rings is 1. The molecule has 0 aliphatic heterocycles. The molecular formula is C31H35ClN4O2. The molecule has 0 atom stereocenters. The molecule has 3 aromatic carbocycles. The lowest BCUT2D eigenvalue weighted by Gasteiger charge is -2.24. The summed E-state index contributed by atoms with van der Waals surface area (Å²) < 4.78 is 2.35. The number of hydrogen-bond acceptors (Lipinski definition) is 4. The van der Waals surface area contributed by atoms with Crippen molar-refractivity contribution in [3.05, 3.63) is 105 Å². The van der Waals surface area contributed by atoms with Crippen LogP contribution in [0.25, 0.3) is 22.6 Å². The molecule has 7 heteroatoms. The third-order valence-corrected chi connectivity index (χ3v) is 6.99. The van der Waals surface area contributed by atoms with Gasteiger partial charge < -0.3 is 4.57 Å². The van der Waals surface area contributed by atoms with Crippen LogP contribution in [-0.2, 0) is 19.6 Å². The molecule has 0 aliphatic rings. The summed E-state index contributed by atoms with van der Waals surface area (Å²) in [6.45, 7) is 7.18. The van der Waals surface area contributed by atoms with E-state index in [2.05, 4.69) is 35.4 Å². The summed E-state index contributed by atoms with van der Waals surface area (Å²) in [7, 11) is 0. The van der Waals surface area contributed by atoms with Crippen molar-refractivity contribution in [3.8, 4) is 22.6 Å². The highest BCUT2D eigenvalue weighted by molar-refractivity contribution is 6.30. The van der Waals surface area contributed by atoms with Crippen molar-refractivity contribution in [2.24, 2.45) is 0 Å². The van der Waals surface area contributed by atoms with Crippen molar-refractivity contribution in [1.29, 1.82) is 0 Å². The number of nitrogens with zero attached hydrogens (tertiary/aromatic N) is 4. The Bertz CT molecular complexity index is 1340. The largest absolute Gasteiger partial charge is 0.326 e. The molecule has 0 radical (unpaired) electrons. The van der Waals surface area contributed by atoms with Crippen LogP contribution in [0.15, 0.2) is 78.9 Å². The van der Waals surface area contributed by atoms with Crippen LogP contribution in [-0.4, -0.2) is 25.9 Å². The van der Waals surface area contributed by atoms with Gasteiger partial charge in [-0.1, -0.05) is 99.0 Å². The summed E-state index contributed by atoms with van der Waals surface area (Å²) in [6, 6.07) is 25.2. The predicted molar refractivity (Wildman–Crippen MR) is 155 cm³/mol. The van der Waals surface area contributed by atoms with Crippen molar-refractivity contribution in [1.82, 2.24) is 14.5 Å². The van der Waals surface area contributed by atoms with E-state index < -0.39 is 0 Å². The Morgan fingerprint density at radius 1 is 0.868 bits per heavy atom. The maximum absolute atomic E-state index is 11.7. The minimum atomic E-state index is -0.286. The Labute approximate surface area is 230 Å². The lowest BCUT2D eigenvalue weighted by molar-refractivity contribution is -0.385. The van der Waals surface area contributed by atoms with Crippen LogP contribution >= 0.6 is 11.6 Å². The molecule has 1 heterocycles. The van der Waals surface area contributed by atoms with Gasteiger partial charge in [-0.15, -0.1) is 0 Å². The van der Waals surface area contributed by atoms with E-state index in [-0.39, 0.29) is 10.6 Å². The Hall–Kier alpha value is -3.48. The van der Waals surface area contributed by atoms with Gasteiger partial charge in [0.1, 0.15) is 5.82 Å². The maximum Gasteiger partial charge on any atom is 0.273 e. The number of aromatic nitrogens is 2. The zero-order chi connectivity index (χ0) is 26.9. The number of unbranched alkanes of at least 4 members (excludes halogenated alkanes) is 2. The first-order chi connectivity index (χ1) is 18.5. The zero-order valence-electron chi connectivity index (χ0n) is 22.1. The summed E-state index contributed by atoms with van der Waals surface area (Å²) in [4.78, 5) is 19.0. The molecule has 4 rings (SSSR count). The van der Waals surface area contributed by atoms with Crippen molar-refractivity contribution in [2.75, 3.05) is 6.54 Å². The molecule has 198 valence electrons. The second-order valence-electron chi connectivity index (χ2n) is 9.56. The van der Waals surface area contributed by atoms with Gasteiger partial charge in [-0.25, -0.2) is 4.98 Å². The fourth-order valence-corrected chi connectivity index (χ4v) is 4.85. The topological polar surface area (TPSA) is 64.2 Å². The van der Waals surface area contributed by atoms with Crippen molar-refractivity contribution < 1.29 is 4.92 Å². The standard InChI is InChI=1S/C31H35ClN4O2/c1-3-5-20-34(22-26-14-10-11-15-28(26)36(37)38)23-29-30(24-16-18-27(32)19-17-24)33-31(35(29)21-6-4-2)25-12-8-7-9-13-25/h7-19H,3-6,20-23H2,1-2H3. The number of hydrogen-bond donors (Lipinski definition) is 0. The number of benzene rings is 3. The van der Waals surface area contributed by atoms with Gasteiger partial charge in [-0.05, 0) is 31.5 Å². The van der Waals surface area contributed by atoms with E-state index in [4.69, 9.17) is 16.6 Å². The van der Waals surface area contributed by atoms with Crippen LogP contribution in [0, 0.1) is 10.1 Å². The maximum atomic E-state index is 11.7. The summed E-state index contributed by atoms with van der Waals surface area (Å²) in [5, 5.41) is 12.4. The Morgan fingerprint density at radius 2 is 1.55 bits per heavy atom. The zero-order valence-corrected chi connectivity index (χ0v) is 22.9. The third kappa shape index (κ3) is 6.69. The predicted octanol–water partition coefficient (Wildman–Crippen LogP) is 8.38. The van der Waals surface area contributed by atoms with Gasteiger partial charge in [-0.3, -0.25) is 15.0 Å². The van der Waals surface area contributed by atoms with E-state index in [0.717, 1.165) is 72.7 Å². The summed E-state index contributed by atoms with van der Waals surface area (Å²) in [5.41, 5.74) is 5.03. The van der Waals surface area contributed by atoms with Crippen LogP contribution in [0.4, 0.5) is 5.69 Å². The average Bonchev–Trinajstić information content (AvgIpc) is 3.29. The lowest BCUT2D eigenvalue weighted by atomic mass is 10.1. The fourth-order valence-electron chi connectivity index (χ4n) is 4.72. The Morgan fingerprint density at radius 3 is 2.24 bits per heavy atom. The van der Waals surface area contributed by atoms with Gasteiger partial charge in [0.2, 0.25) is 0 Å². The second-order valence-corrected chi connectivity index (χ2v) is 10.00. The van der Waals surface area contributed by atoms with Gasteiger partial charge in [-0.2, -0.15) is 0 Å². The quantitative estimate of drug-likeness (QED) is 0.129. The van der Waals surface area contributed by atoms with E-state index in [1.807, 2.05) is 54.6 Å². The minimum absolute atomic E-state index is 0.163. The van der Waals surface area contributed by atoms with E-state index >= 15 is 0 Å². The molecule has 1 aromatic heterocycles. The SMILES string of the molecule is CCCCN(Cc1ccccc1[N+](=O)[O-])Cc1c(-c2ccc(Cl)cc2)nc(-c2ccccc2)n1CCCC. The summed E-state index contributed by atoms with van der Waals surface area (Å²) in [6.07, 6.45) is 4.15. The smallest absolute Gasteiger partial charge is 0.273 e. The molecule has 0 aliphatic carbocycles. The van der Waals surface area contributed by atoms with Gasteiger partial charge in [0.25, 0.3) is 5.69 Å². The van der Waals surface area contributed by atoms with Crippen molar-refractivity contribution in [2.45, 2.75) is 59.2 Å². The number of nitro groups is 1. The molecular weight excluding hydrogens is 496 g/mol. The summed E-state index contributed by atoms with van der Waals surface area (Å²) >= 11 is 6.22. The molecule has 0 fully saturated rings. The van der Waals surface area contributed by atoms with E-state index in [1.165, 1.54) is 0 Å². The Balaban J connectivity index is 1.82. The molecule has 0 N–H and O–H groups in total. The summed E-state index contributed by atoms with van der Waals surface area (Å²) in [5.74, 6) is 0.945. The second kappa shape index (κ2) is 13.4. The van der Waals surface area contributed by atoms with Gasteiger partial charge in [0.05, 0.1) is 16.3 Å². The molecule has 4 aromatic rings. The average molecular weight is 531 g/mol. The number of nitro benzene ring substituents is 1. The van der Waals surface area contributed by atoms with Crippen LogP contribution < -0.4 is 0 Å². The normalized spacial score (nSPS) is 11.3. The van der Waals surface area contributed by atoms with Gasteiger partial charge in [0, 0.05) is 47.4 Å². The van der Waals surface area contributed by atoms with Crippen LogP contribution in [0.2, 0.25) is 5.02 Å². The highest BCUT2D eigenvalue weighted by atomic mass is 35.5. The molecule has 0 amide bonds. The molecule has 0 spiro atoms.